The van der Waals surface area contributed by atoms with Gasteiger partial charge in [-0.25, -0.2) is 0 Å². The molecule has 2 rings (SSSR count). The van der Waals surface area contributed by atoms with Gasteiger partial charge in [-0.2, -0.15) is 0 Å². The van der Waals surface area contributed by atoms with Crippen LogP contribution >= 0.6 is 11.6 Å². The topological polar surface area (TPSA) is 99.4 Å². The van der Waals surface area contributed by atoms with Crippen LogP contribution in [0.4, 0.5) is 0 Å². The summed E-state index contributed by atoms with van der Waals surface area (Å²) >= 11 is 6.25. The minimum absolute atomic E-state index is 0.443. The number of hydrogen-bond acceptors (Lipinski definition) is 6. The second-order valence-corrected chi connectivity index (χ2v) is 5.06. The van der Waals surface area contributed by atoms with Crippen molar-refractivity contribution in [1.82, 2.24) is 0 Å². The monoisotopic (exact) mass is 304 g/mol. The quantitative estimate of drug-likeness (QED) is 0.549. The Morgan fingerprint density at radius 1 is 1.15 bits per heavy atom. The van der Waals surface area contributed by atoms with Crippen molar-refractivity contribution in [3.05, 3.63) is 35.9 Å². The maximum Gasteiger partial charge on any atom is 0.277 e. The van der Waals surface area contributed by atoms with Gasteiger partial charge in [0.25, 0.3) is 5.25 Å². The molecule has 0 aliphatic carbocycles. The van der Waals surface area contributed by atoms with Crippen LogP contribution in [0.2, 0.25) is 0 Å². The van der Waals surface area contributed by atoms with Crippen molar-refractivity contribution in [2.45, 2.75) is 29.7 Å². The zero-order valence-electron chi connectivity index (χ0n) is 10.6. The summed E-state index contributed by atoms with van der Waals surface area (Å²) in [6.45, 7) is -1.08. The number of aliphatic hydroxyl groups excluding tert-OH is 4. The molecule has 1 aromatic carbocycles. The highest BCUT2D eigenvalue weighted by atomic mass is 35.5. The minimum atomic E-state index is -1.64. The third-order valence-electron chi connectivity index (χ3n) is 3.17. The molecule has 112 valence electrons. The molecule has 1 unspecified atom stereocenters. The van der Waals surface area contributed by atoms with Crippen molar-refractivity contribution in [2.24, 2.45) is 0 Å². The van der Waals surface area contributed by atoms with Crippen molar-refractivity contribution in [1.29, 1.82) is 0 Å². The van der Waals surface area contributed by atoms with E-state index in [1.807, 2.05) is 0 Å². The molecule has 20 heavy (non-hydrogen) atoms. The molecule has 1 heterocycles. The van der Waals surface area contributed by atoms with E-state index in [0.717, 1.165) is 0 Å². The molecule has 1 saturated heterocycles. The zero-order chi connectivity index (χ0) is 14.8. The van der Waals surface area contributed by atoms with E-state index in [4.69, 9.17) is 26.2 Å². The van der Waals surface area contributed by atoms with Crippen LogP contribution in [0, 0.1) is 0 Å². The first kappa shape index (κ1) is 15.7. The number of rotatable bonds is 5. The predicted octanol–water partition coefficient (Wildman–Crippen LogP) is -0.474. The molecule has 1 aliphatic rings. The first-order chi connectivity index (χ1) is 9.51. The van der Waals surface area contributed by atoms with E-state index in [1.165, 1.54) is 0 Å². The fourth-order valence-corrected chi connectivity index (χ4v) is 2.41. The van der Waals surface area contributed by atoms with Crippen LogP contribution in [-0.4, -0.2) is 58.1 Å². The SMILES string of the molecule is OC[C@H](O)[C@@H](O)[C@@H]1OC(Cl)(c2ccccc2)O[C@@H]1CO. The van der Waals surface area contributed by atoms with Crippen LogP contribution in [0.3, 0.4) is 0 Å². The fraction of sp³-hybridized carbons (Fsp3) is 0.538. The number of aliphatic hydroxyl groups is 4. The van der Waals surface area contributed by atoms with Gasteiger partial charge in [0, 0.05) is 5.56 Å². The molecule has 0 aromatic heterocycles. The van der Waals surface area contributed by atoms with Crippen LogP contribution in [0.5, 0.6) is 0 Å². The van der Waals surface area contributed by atoms with Gasteiger partial charge in [-0.1, -0.05) is 41.9 Å². The molecule has 0 amide bonds. The summed E-state index contributed by atoms with van der Waals surface area (Å²) in [5.74, 6) is 0. The van der Waals surface area contributed by atoms with Crippen LogP contribution in [0.1, 0.15) is 5.56 Å². The van der Waals surface area contributed by atoms with E-state index < -0.39 is 42.9 Å². The molecular weight excluding hydrogens is 288 g/mol. The summed E-state index contributed by atoms with van der Waals surface area (Å²) in [6.07, 6.45) is -4.81. The molecule has 0 spiro atoms. The average molecular weight is 305 g/mol. The lowest BCUT2D eigenvalue weighted by molar-refractivity contribution is -0.139. The highest BCUT2D eigenvalue weighted by Gasteiger charge is 2.51. The van der Waals surface area contributed by atoms with Gasteiger partial charge >= 0.3 is 0 Å². The Labute approximate surface area is 121 Å². The lowest BCUT2D eigenvalue weighted by Gasteiger charge is -2.24. The van der Waals surface area contributed by atoms with Crippen molar-refractivity contribution < 1.29 is 29.9 Å². The third-order valence-corrected chi connectivity index (χ3v) is 3.57. The Kier molecular flexibility index (Phi) is 4.98. The largest absolute Gasteiger partial charge is 0.394 e. The number of halogens is 1. The van der Waals surface area contributed by atoms with Crippen LogP contribution in [0.25, 0.3) is 0 Å². The van der Waals surface area contributed by atoms with Crippen molar-refractivity contribution in [2.75, 3.05) is 13.2 Å². The van der Waals surface area contributed by atoms with Crippen molar-refractivity contribution in [3.63, 3.8) is 0 Å². The Morgan fingerprint density at radius 2 is 1.80 bits per heavy atom. The average Bonchev–Trinajstić information content (AvgIpc) is 2.85. The Hall–Kier alpha value is -0.730. The van der Waals surface area contributed by atoms with Gasteiger partial charge in [0.2, 0.25) is 0 Å². The first-order valence-electron chi connectivity index (χ1n) is 6.19. The van der Waals surface area contributed by atoms with Crippen LogP contribution in [-0.2, 0) is 14.7 Å². The number of alkyl halides is 1. The van der Waals surface area contributed by atoms with Gasteiger partial charge < -0.3 is 29.9 Å². The van der Waals surface area contributed by atoms with Gasteiger partial charge in [0.05, 0.1) is 13.2 Å². The van der Waals surface area contributed by atoms with E-state index in [9.17, 15) is 15.3 Å². The molecule has 7 heteroatoms. The van der Waals surface area contributed by atoms with Crippen LogP contribution in [0.15, 0.2) is 30.3 Å². The maximum absolute atomic E-state index is 9.91. The second kappa shape index (κ2) is 6.36. The highest BCUT2D eigenvalue weighted by molar-refractivity contribution is 6.22. The van der Waals surface area contributed by atoms with Gasteiger partial charge in [-0.05, 0) is 0 Å². The summed E-state index contributed by atoms with van der Waals surface area (Å²) in [6, 6.07) is 8.64. The predicted molar refractivity (Wildman–Crippen MR) is 69.9 cm³/mol. The molecule has 5 atom stereocenters. The second-order valence-electron chi connectivity index (χ2n) is 4.56. The summed E-state index contributed by atoms with van der Waals surface area (Å²) < 4.78 is 10.9. The van der Waals surface area contributed by atoms with Crippen molar-refractivity contribution in [3.8, 4) is 0 Å². The molecule has 6 nitrogen and oxygen atoms in total. The lowest BCUT2D eigenvalue weighted by Crippen LogP contribution is -2.45. The Morgan fingerprint density at radius 3 is 2.35 bits per heavy atom. The van der Waals surface area contributed by atoms with Gasteiger partial charge in [0.15, 0.2) is 0 Å². The zero-order valence-corrected chi connectivity index (χ0v) is 11.3. The number of ether oxygens (including phenoxy) is 2. The molecule has 0 saturated carbocycles. The van der Waals surface area contributed by atoms with Crippen LogP contribution < -0.4 is 0 Å². The smallest absolute Gasteiger partial charge is 0.277 e. The van der Waals surface area contributed by atoms with E-state index in [1.54, 1.807) is 30.3 Å². The molecule has 0 radical (unpaired) electrons. The summed E-state index contributed by atoms with van der Waals surface area (Å²) in [7, 11) is 0. The molecule has 1 fully saturated rings. The third kappa shape index (κ3) is 2.96. The fourth-order valence-electron chi connectivity index (χ4n) is 2.07. The van der Waals surface area contributed by atoms with E-state index in [0.29, 0.717) is 5.56 Å². The molecule has 1 aromatic rings. The summed E-state index contributed by atoms with van der Waals surface area (Å²) in [5, 5.41) is 35.9. The first-order valence-corrected chi connectivity index (χ1v) is 6.57. The lowest BCUT2D eigenvalue weighted by atomic mass is 10.0. The van der Waals surface area contributed by atoms with E-state index in [2.05, 4.69) is 0 Å². The number of hydrogen-bond donors (Lipinski definition) is 4. The standard InChI is InChI=1S/C13H17ClO6/c14-13(8-4-2-1-3-5-8)19-10(7-16)12(20-13)11(18)9(17)6-15/h1-5,9-12,15-18H,6-7H2/t9-,10+,11+,12+,13?/m0/s1. The summed E-state index contributed by atoms with van der Waals surface area (Å²) in [4.78, 5) is 0. The Balaban J connectivity index is 2.21. The highest BCUT2D eigenvalue weighted by Crippen LogP contribution is 2.42. The van der Waals surface area contributed by atoms with Gasteiger partial charge in [-0.15, -0.1) is 0 Å². The Bertz CT molecular complexity index is 430. The molecule has 4 N–H and O–H groups in total. The van der Waals surface area contributed by atoms with Crippen molar-refractivity contribution >= 4 is 11.6 Å². The number of benzene rings is 1. The van der Waals surface area contributed by atoms with Gasteiger partial charge in [-0.3, -0.25) is 0 Å². The molecule has 0 bridgehead atoms. The maximum atomic E-state index is 9.91. The normalized spacial score (nSPS) is 33.0. The molecular formula is C13H17ClO6. The van der Waals surface area contributed by atoms with Gasteiger partial charge in [0.1, 0.15) is 24.4 Å². The van der Waals surface area contributed by atoms with E-state index >= 15 is 0 Å². The molecule has 1 aliphatic heterocycles. The van der Waals surface area contributed by atoms with E-state index in [-0.39, 0.29) is 0 Å². The summed E-state index contributed by atoms with van der Waals surface area (Å²) in [5.41, 5.74) is 0.508. The minimum Gasteiger partial charge on any atom is -0.394 e.